The molecular formula is C22H25N3O. The van der Waals surface area contributed by atoms with Gasteiger partial charge in [-0.2, -0.15) is 0 Å². The zero-order valence-electron chi connectivity index (χ0n) is 15.5. The van der Waals surface area contributed by atoms with Gasteiger partial charge in [0.1, 0.15) is 0 Å². The summed E-state index contributed by atoms with van der Waals surface area (Å²) in [6.45, 7) is 7.53. The molecule has 134 valence electrons. The maximum atomic E-state index is 12.2. The summed E-state index contributed by atoms with van der Waals surface area (Å²) in [6, 6.07) is 14.5. The van der Waals surface area contributed by atoms with Crippen LogP contribution in [0, 0.1) is 6.92 Å². The second kappa shape index (κ2) is 7.06. The van der Waals surface area contributed by atoms with Crippen molar-refractivity contribution in [2.45, 2.75) is 13.5 Å². The van der Waals surface area contributed by atoms with Crippen LogP contribution in [0.3, 0.4) is 0 Å². The van der Waals surface area contributed by atoms with E-state index in [-0.39, 0.29) is 5.43 Å². The van der Waals surface area contributed by atoms with Crippen molar-refractivity contribution in [3.8, 4) is 11.1 Å². The number of hydrogen-bond donors (Lipinski definition) is 1. The first-order valence-corrected chi connectivity index (χ1v) is 9.22. The van der Waals surface area contributed by atoms with Crippen molar-refractivity contribution in [2.75, 3.05) is 33.2 Å². The van der Waals surface area contributed by atoms with Crippen LogP contribution in [-0.4, -0.2) is 48.0 Å². The van der Waals surface area contributed by atoms with E-state index in [4.69, 9.17) is 0 Å². The van der Waals surface area contributed by atoms with Gasteiger partial charge in [-0.1, -0.05) is 18.2 Å². The van der Waals surface area contributed by atoms with Crippen LogP contribution in [0.2, 0.25) is 0 Å². The number of likely N-dealkylation sites (N-methyl/N-ethyl adjacent to an activating group) is 1. The van der Waals surface area contributed by atoms with Crippen LogP contribution in [0.15, 0.2) is 53.5 Å². The van der Waals surface area contributed by atoms with E-state index in [1.807, 2.05) is 6.07 Å². The Morgan fingerprint density at radius 1 is 1.00 bits per heavy atom. The van der Waals surface area contributed by atoms with Crippen molar-refractivity contribution in [3.63, 3.8) is 0 Å². The molecule has 0 bridgehead atoms. The van der Waals surface area contributed by atoms with Gasteiger partial charge in [0.15, 0.2) is 5.43 Å². The monoisotopic (exact) mass is 347 g/mol. The van der Waals surface area contributed by atoms with Gasteiger partial charge in [-0.05, 0) is 54.4 Å². The molecule has 2 heterocycles. The molecule has 1 aromatic heterocycles. The van der Waals surface area contributed by atoms with E-state index < -0.39 is 0 Å². The molecule has 0 amide bonds. The van der Waals surface area contributed by atoms with Crippen molar-refractivity contribution in [1.29, 1.82) is 0 Å². The Hall–Kier alpha value is -2.43. The van der Waals surface area contributed by atoms with Gasteiger partial charge in [-0.25, -0.2) is 0 Å². The molecule has 0 atom stereocenters. The fourth-order valence-electron chi connectivity index (χ4n) is 3.74. The quantitative estimate of drug-likeness (QED) is 0.790. The van der Waals surface area contributed by atoms with Crippen LogP contribution < -0.4 is 5.43 Å². The maximum absolute atomic E-state index is 12.2. The molecule has 1 aliphatic rings. The summed E-state index contributed by atoms with van der Waals surface area (Å²) in [4.78, 5) is 20.3. The highest BCUT2D eigenvalue weighted by Gasteiger charge is 2.14. The highest BCUT2D eigenvalue weighted by atomic mass is 16.1. The minimum absolute atomic E-state index is 0.0669. The fraction of sp³-hybridized carbons (Fsp3) is 0.318. The topological polar surface area (TPSA) is 39.3 Å². The van der Waals surface area contributed by atoms with Crippen LogP contribution >= 0.6 is 0 Å². The third-order valence-corrected chi connectivity index (χ3v) is 5.33. The van der Waals surface area contributed by atoms with E-state index in [0.29, 0.717) is 0 Å². The molecule has 3 aromatic rings. The Morgan fingerprint density at radius 3 is 2.62 bits per heavy atom. The summed E-state index contributed by atoms with van der Waals surface area (Å²) in [6.07, 6.45) is 1.72. The van der Waals surface area contributed by atoms with E-state index in [0.717, 1.165) is 54.8 Å². The molecule has 26 heavy (non-hydrogen) atoms. The number of fused-ring (bicyclic) bond motifs is 1. The average Bonchev–Trinajstić information content (AvgIpc) is 2.65. The number of H-pyrrole nitrogens is 1. The number of nitrogens with one attached hydrogen (secondary N) is 1. The Balaban J connectivity index is 1.65. The molecule has 0 aliphatic carbocycles. The molecule has 0 radical (unpaired) electrons. The SMILES string of the molecule is Cc1cc(-c2cccc(CN3CCN(C)CC3)c2)cc2c(=O)cc[nH]c12. The third kappa shape index (κ3) is 3.43. The molecule has 0 unspecified atom stereocenters. The lowest BCUT2D eigenvalue weighted by Crippen LogP contribution is -2.43. The third-order valence-electron chi connectivity index (χ3n) is 5.33. The summed E-state index contributed by atoms with van der Waals surface area (Å²) >= 11 is 0. The van der Waals surface area contributed by atoms with Crippen molar-refractivity contribution < 1.29 is 0 Å². The normalized spacial score (nSPS) is 16.2. The van der Waals surface area contributed by atoms with Crippen LogP contribution in [0.4, 0.5) is 0 Å². The first-order chi connectivity index (χ1) is 12.6. The molecule has 1 fully saturated rings. The number of piperazine rings is 1. The predicted molar refractivity (Wildman–Crippen MR) is 108 cm³/mol. The summed E-state index contributed by atoms with van der Waals surface area (Å²) in [7, 11) is 2.18. The standard InChI is InChI=1S/C22H25N3O/c1-16-12-19(14-20-21(26)6-7-23-22(16)20)18-5-3-4-17(13-18)15-25-10-8-24(2)9-11-25/h3-7,12-14H,8-11,15H2,1-2H3,(H,23,26). The molecule has 0 saturated carbocycles. The maximum Gasteiger partial charge on any atom is 0.189 e. The van der Waals surface area contributed by atoms with Crippen molar-refractivity contribution in [2.24, 2.45) is 0 Å². The number of aryl methyl sites for hydroxylation is 1. The number of aromatic nitrogens is 1. The van der Waals surface area contributed by atoms with Crippen LogP contribution in [0.5, 0.6) is 0 Å². The number of nitrogens with zero attached hydrogens (tertiary/aromatic N) is 2. The highest BCUT2D eigenvalue weighted by Crippen LogP contribution is 2.26. The molecule has 0 spiro atoms. The number of aromatic amines is 1. The van der Waals surface area contributed by atoms with E-state index in [9.17, 15) is 4.79 Å². The van der Waals surface area contributed by atoms with E-state index in [1.54, 1.807) is 12.3 Å². The van der Waals surface area contributed by atoms with Gasteiger partial charge in [-0.15, -0.1) is 0 Å². The number of pyridine rings is 1. The van der Waals surface area contributed by atoms with Crippen molar-refractivity contribution in [3.05, 3.63) is 70.0 Å². The number of rotatable bonds is 3. The Morgan fingerprint density at radius 2 is 1.81 bits per heavy atom. The van der Waals surface area contributed by atoms with Gasteiger partial charge in [0.2, 0.25) is 0 Å². The van der Waals surface area contributed by atoms with Crippen LogP contribution in [0.25, 0.3) is 22.0 Å². The summed E-state index contributed by atoms with van der Waals surface area (Å²) in [5.74, 6) is 0. The molecule has 2 aromatic carbocycles. The number of benzene rings is 2. The van der Waals surface area contributed by atoms with E-state index >= 15 is 0 Å². The minimum Gasteiger partial charge on any atom is -0.361 e. The molecule has 4 nitrogen and oxygen atoms in total. The Bertz CT molecular complexity index is 984. The zero-order chi connectivity index (χ0) is 18.1. The fourth-order valence-corrected chi connectivity index (χ4v) is 3.74. The van der Waals surface area contributed by atoms with Crippen molar-refractivity contribution in [1.82, 2.24) is 14.8 Å². The first kappa shape index (κ1) is 17.0. The second-order valence-corrected chi connectivity index (χ2v) is 7.34. The Labute approximate surface area is 154 Å². The smallest absolute Gasteiger partial charge is 0.189 e. The predicted octanol–water partition coefficient (Wildman–Crippen LogP) is 3.25. The van der Waals surface area contributed by atoms with Crippen molar-refractivity contribution >= 4 is 10.9 Å². The largest absolute Gasteiger partial charge is 0.361 e. The highest BCUT2D eigenvalue weighted by molar-refractivity contribution is 5.87. The molecular weight excluding hydrogens is 322 g/mol. The molecule has 1 saturated heterocycles. The van der Waals surface area contributed by atoms with Gasteiger partial charge < -0.3 is 9.88 Å². The van der Waals surface area contributed by atoms with Crippen LogP contribution in [0.1, 0.15) is 11.1 Å². The summed E-state index contributed by atoms with van der Waals surface area (Å²) < 4.78 is 0. The first-order valence-electron chi connectivity index (χ1n) is 9.22. The van der Waals surface area contributed by atoms with Gasteiger partial charge in [0.05, 0.1) is 5.52 Å². The molecule has 4 heteroatoms. The second-order valence-electron chi connectivity index (χ2n) is 7.34. The molecule has 4 rings (SSSR count). The lowest BCUT2D eigenvalue weighted by molar-refractivity contribution is 0.148. The Kier molecular flexibility index (Phi) is 4.62. The van der Waals surface area contributed by atoms with Gasteiger partial charge >= 0.3 is 0 Å². The van der Waals surface area contributed by atoms with Gasteiger partial charge in [0, 0.05) is 50.4 Å². The van der Waals surface area contributed by atoms with Crippen LogP contribution in [-0.2, 0) is 6.54 Å². The lowest BCUT2D eigenvalue weighted by atomic mass is 9.98. The minimum atomic E-state index is 0.0669. The average molecular weight is 347 g/mol. The van der Waals surface area contributed by atoms with Gasteiger partial charge in [0.25, 0.3) is 0 Å². The lowest BCUT2D eigenvalue weighted by Gasteiger charge is -2.32. The number of hydrogen-bond acceptors (Lipinski definition) is 3. The van der Waals surface area contributed by atoms with E-state index in [1.165, 1.54) is 11.1 Å². The summed E-state index contributed by atoms with van der Waals surface area (Å²) in [5, 5.41) is 0.756. The zero-order valence-corrected chi connectivity index (χ0v) is 15.5. The summed E-state index contributed by atoms with van der Waals surface area (Å²) in [5.41, 5.74) is 5.69. The van der Waals surface area contributed by atoms with E-state index in [2.05, 4.69) is 59.1 Å². The molecule has 1 aliphatic heterocycles. The molecule has 1 N–H and O–H groups in total. The van der Waals surface area contributed by atoms with Gasteiger partial charge in [-0.3, -0.25) is 9.69 Å².